The van der Waals surface area contributed by atoms with Gasteiger partial charge < -0.3 is 21.5 Å². The summed E-state index contributed by atoms with van der Waals surface area (Å²) < 4.78 is 0. The van der Waals surface area contributed by atoms with E-state index in [2.05, 4.69) is 27.8 Å². The van der Waals surface area contributed by atoms with Crippen LogP contribution < -0.4 is 16.4 Å². The summed E-state index contributed by atoms with van der Waals surface area (Å²) in [6.45, 7) is 0.939. The Labute approximate surface area is 135 Å². The fourth-order valence-corrected chi connectivity index (χ4v) is 2.50. The standard InChI is InChI=1S/C16H24N4O3/c17-13(16(22)23)10-19-14(21)6-2-1-5-12-8-7-11-4-3-9-18-15(11)20-12/h7-8,13H,1-6,9-10,17H2,(H,18,20)(H,19,21)(H,22,23)/t13-/m0/s1. The quantitative estimate of drug-likeness (QED) is 0.523. The predicted molar refractivity (Wildman–Crippen MR) is 87.2 cm³/mol. The molecule has 7 heteroatoms. The maximum Gasteiger partial charge on any atom is 0.322 e. The number of nitrogens with zero attached hydrogens (tertiary/aromatic N) is 1. The Hall–Kier alpha value is -2.15. The number of nitrogens with two attached hydrogens (primary N) is 1. The monoisotopic (exact) mass is 320 g/mol. The molecule has 2 heterocycles. The highest BCUT2D eigenvalue weighted by molar-refractivity contribution is 5.78. The SMILES string of the molecule is N[C@@H](CNC(=O)CCCCc1ccc2c(n1)NCCC2)C(=O)O. The molecule has 5 N–H and O–H groups in total. The van der Waals surface area contributed by atoms with Crippen molar-refractivity contribution in [3.63, 3.8) is 0 Å². The number of aromatic nitrogens is 1. The number of pyridine rings is 1. The van der Waals surface area contributed by atoms with Crippen LogP contribution in [0.15, 0.2) is 12.1 Å². The van der Waals surface area contributed by atoms with Crippen LogP contribution in [-0.2, 0) is 22.4 Å². The van der Waals surface area contributed by atoms with Crippen LogP contribution in [0.25, 0.3) is 0 Å². The number of hydrogen-bond acceptors (Lipinski definition) is 5. The van der Waals surface area contributed by atoms with Gasteiger partial charge in [0.25, 0.3) is 0 Å². The number of nitrogens with one attached hydrogen (secondary N) is 2. The number of aliphatic carboxylic acids is 1. The van der Waals surface area contributed by atoms with E-state index in [4.69, 9.17) is 10.8 Å². The van der Waals surface area contributed by atoms with Gasteiger partial charge in [0.05, 0.1) is 0 Å². The zero-order valence-corrected chi connectivity index (χ0v) is 13.2. The number of hydrogen-bond donors (Lipinski definition) is 4. The fourth-order valence-electron chi connectivity index (χ4n) is 2.50. The van der Waals surface area contributed by atoms with E-state index >= 15 is 0 Å². The lowest BCUT2D eigenvalue weighted by molar-refractivity contribution is -0.138. The second-order valence-electron chi connectivity index (χ2n) is 5.80. The van der Waals surface area contributed by atoms with Gasteiger partial charge in [0.2, 0.25) is 5.91 Å². The van der Waals surface area contributed by atoms with Crippen LogP contribution in [0, 0.1) is 0 Å². The first-order valence-corrected chi connectivity index (χ1v) is 8.04. The van der Waals surface area contributed by atoms with Gasteiger partial charge >= 0.3 is 5.97 Å². The Morgan fingerprint density at radius 1 is 1.39 bits per heavy atom. The third-order valence-corrected chi connectivity index (χ3v) is 3.87. The van der Waals surface area contributed by atoms with Crippen LogP contribution in [0.3, 0.4) is 0 Å². The van der Waals surface area contributed by atoms with Gasteiger partial charge in [0.15, 0.2) is 0 Å². The topological polar surface area (TPSA) is 117 Å². The summed E-state index contributed by atoms with van der Waals surface area (Å²) in [5, 5.41) is 14.5. The van der Waals surface area contributed by atoms with Crippen molar-refractivity contribution in [1.82, 2.24) is 10.3 Å². The average molecular weight is 320 g/mol. The maximum atomic E-state index is 11.6. The van der Waals surface area contributed by atoms with Gasteiger partial charge in [-0.15, -0.1) is 0 Å². The number of amides is 1. The van der Waals surface area contributed by atoms with Crippen molar-refractivity contribution in [2.45, 2.75) is 44.6 Å². The number of fused-ring (bicyclic) bond motifs is 1. The van der Waals surface area contributed by atoms with Crippen LogP contribution >= 0.6 is 0 Å². The minimum atomic E-state index is -1.11. The van der Waals surface area contributed by atoms with Crippen LogP contribution in [0.1, 0.15) is 36.9 Å². The Bertz CT molecular complexity index is 562. The molecule has 1 aliphatic heterocycles. The smallest absolute Gasteiger partial charge is 0.322 e. The summed E-state index contributed by atoms with van der Waals surface area (Å²) in [7, 11) is 0. The highest BCUT2D eigenvalue weighted by Gasteiger charge is 2.13. The zero-order chi connectivity index (χ0) is 16.7. The first kappa shape index (κ1) is 17.2. The largest absolute Gasteiger partial charge is 0.480 e. The lowest BCUT2D eigenvalue weighted by Gasteiger charge is -2.17. The molecule has 7 nitrogen and oxygen atoms in total. The van der Waals surface area contributed by atoms with Crippen molar-refractivity contribution in [1.29, 1.82) is 0 Å². The fraction of sp³-hybridized carbons (Fsp3) is 0.562. The average Bonchev–Trinajstić information content (AvgIpc) is 2.56. The third-order valence-electron chi connectivity index (χ3n) is 3.87. The summed E-state index contributed by atoms with van der Waals surface area (Å²) >= 11 is 0. The number of rotatable bonds is 8. The molecule has 1 aromatic rings. The molecule has 126 valence electrons. The molecule has 1 amide bonds. The number of unbranched alkanes of at least 4 members (excludes halogenated alkanes) is 1. The maximum absolute atomic E-state index is 11.6. The molecule has 0 aromatic carbocycles. The molecule has 1 atom stereocenters. The number of carbonyl (C=O) groups is 2. The van der Waals surface area contributed by atoms with E-state index in [1.807, 2.05) is 0 Å². The van der Waals surface area contributed by atoms with Gasteiger partial charge in [0, 0.05) is 25.2 Å². The second-order valence-corrected chi connectivity index (χ2v) is 5.80. The molecule has 0 unspecified atom stereocenters. The molecule has 0 saturated carbocycles. The second kappa shape index (κ2) is 8.47. The molecule has 1 aliphatic rings. The molecule has 0 spiro atoms. The molecule has 2 rings (SSSR count). The molecule has 0 bridgehead atoms. The zero-order valence-electron chi connectivity index (χ0n) is 13.2. The van der Waals surface area contributed by atoms with Crippen LogP contribution in [0.4, 0.5) is 5.82 Å². The van der Waals surface area contributed by atoms with Crippen molar-refractivity contribution in [2.24, 2.45) is 5.73 Å². The Morgan fingerprint density at radius 3 is 3.00 bits per heavy atom. The minimum Gasteiger partial charge on any atom is -0.480 e. The first-order valence-electron chi connectivity index (χ1n) is 8.04. The van der Waals surface area contributed by atoms with Crippen LogP contribution in [0.2, 0.25) is 0 Å². The lowest BCUT2D eigenvalue weighted by atomic mass is 10.1. The first-order chi connectivity index (χ1) is 11.1. The number of carbonyl (C=O) groups excluding carboxylic acids is 1. The van der Waals surface area contributed by atoms with Crippen LogP contribution in [-0.4, -0.2) is 41.1 Å². The van der Waals surface area contributed by atoms with Crippen molar-refractivity contribution in [3.05, 3.63) is 23.4 Å². The number of aryl methyl sites for hydroxylation is 2. The molecular weight excluding hydrogens is 296 g/mol. The summed E-state index contributed by atoms with van der Waals surface area (Å²) in [6.07, 6.45) is 5.03. The van der Waals surface area contributed by atoms with E-state index in [9.17, 15) is 9.59 Å². The molecule has 0 aliphatic carbocycles. The van der Waals surface area contributed by atoms with E-state index in [1.165, 1.54) is 5.56 Å². The molecule has 0 saturated heterocycles. The number of carboxylic acids is 1. The highest BCUT2D eigenvalue weighted by atomic mass is 16.4. The molecule has 0 fully saturated rings. The van der Waals surface area contributed by atoms with E-state index in [1.54, 1.807) is 0 Å². The summed E-state index contributed by atoms with van der Waals surface area (Å²) in [5.41, 5.74) is 7.63. The van der Waals surface area contributed by atoms with Gasteiger partial charge in [-0.25, -0.2) is 4.98 Å². The Balaban J connectivity index is 1.65. The van der Waals surface area contributed by atoms with Gasteiger partial charge in [0.1, 0.15) is 11.9 Å². The molecule has 23 heavy (non-hydrogen) atoms. The van der Waals surface area contributed by atoms with Crippen molar-refractivity contribution in [2.75, 3.05) is 18.4 Å². The lowest BCUT2D eigenvalue weighted by Crippen LogP contribution is -2.42. The molecular formula is C16H24N4O3. The highest BCUT2D eigenvalue weighted by Crippen LogP contribution is 2.20. The van der Waals surface area contributed by atoms with Crippen molar-refractivity contribution < 1.29 is 14.7 Å². The van der Waals surface area contributed by atoms with Gasteiger partial charge in [-0.05, 0) is 43.7 Å². The van der Waals surface area contributed by atoms with E-state index < -0.39 is 12.0 Å². The van der Waals surface area contributed by atoms with Gasteiger partial charge in [-0.1, -0.05) is 6.07 Å². The summed E-state index contributed by atoms with van der Waals surface area (Å²) in [4.78, 5) is 26.7. The van der Waals surface area contributed by atoms with E-state index in [0.29, 0.717) is 6.42 Å². The van der Waals surface area contributed by atoms with Crippen LogP contribution in [0.5, 0.6) is 0 Å². The summed E-state index contributed by atoms with van der Waals surface area (Å²) in [5.74, 6) is -0.284. The van der Waals surface area contributed by atoms with Gasteiger partial charge in [-0.3, -0.25) is 9.59 Å². The van der Waals surface area contributed by atoms with Crippen molar-refractivity contribution >= 4 is 17.7 Å². The number of carboxylic acid groups (broad SMARTS) is 1. The molecule has 1 aromatic heterocycles. The predicted octanol–water partition coefficient (Wildman–Crippen LogP) is 0.681. The third kappa shape index (κ3) is 5.52. The minimum absolute atomic E-state index is 0.0355. The summed E-state index contributed by atoms with van der Waals surface area (Å²) in [6, 6.07) is 3.13. The number of anilines is 1. The van der Waals surface area contributed by atoms with E-state index in [0.717, 1.165) is 50.2 Å². The Kier molecular flexibility index (Phi) is 6.34. The normalized spacial score (nSPS) is 14.5. The Morgan fingerprint density at radius 2 is 2.22 bits per heavy atom. The molecule has 0 radical (unpaired) electrons. The van der Waals surface area contributed by atoms with E-state index in [-0.39, 0.29) is 12.5 Å². The van der Waals surface area contributed by atoms with Gasteiger partial charge in [-0.2, -0.15) is 0 Å². The van der Waals surface area contributed by atoms with Crippen molar-refractivity contribution in [3.8, 4) is 0 Å².